The van der Waals surface area contributed by atoms with Crippen LogP contribution in [0.2, 0.25) is 0 Å². The number of nitrogens with one attached hydrogen (secondary N) is 2. The predicted octanol–water partition coefficient (Wildman–Crippen LogP) is 0.737. The van der Waals surface area contributed by atoms with Crippen LogP contribution >= 0.6 is 0 Å². The number of carboxylic acids is 1. The maximum Gasteiger partial charge on any atom is 0.326 e. The van der Waals surface area contributed by atoms with Crippen molar-refractivity contribution in [3.05, 3.63) is 12.4 Å². The van der Waals surface area contributed by atoms with Crippen LogP contribution < -0.4 is 5.32 Å². The van der Waals surface area contributed by atoms with E-state index < -0.39 is 18.0 Å². The lowest BCUT2D eigenvalue weighted by molar-refractivity contribution is -0.142. The standard InChI is InChI=1S/C10H14N4O3/c1-6-2-3-14(8(6)9(15)16)10(17)13-7-4-11-12-5-7/h4-6,8H,2-3H2,1H3,(H,11,12)(H,13,17)(H,15,16). The van der Waals surface area contributed by atoms with Crippen molar-refractivity contribution in [2.24, 2.45) is 5.92 Å². The highest BCUT2D eigenvalue weighted by Crippen LogP contribution is 2.24. The summed E-state index contributed by atoms with van der Waals surface area (Å²) in [6.45, 7) is 2.30. The molecule has 2 amide bonds. The topological polar surface area (TPSA) is 98.3 Å². The number of hydrogen-bond acceptors (Lipinski definition) is 3. The molecule has 0 radical (unpaired) electrons. The molecule has 2 rings (SSSR count). The maximum atomic E-state index is 11.9. The smallest absolute Gasteiger partial charge is 0.326 e. The third-order valence-electron chi connectivity index (χ3n) is 2.96. The van der Waals surface area contributed by atoms with Gasteiger partial charge in [-0.1, -0.05) is 6.92 Å². The number of anilines is 1. The van der Waals surface area contributed by atoms with E-state index in [0.717, 1.165) is 0 Å². The van der Waals surface area contributed by atoms with E-state index in [9.17, 15) is 9.59 Å². The van der Waals surface area contributed by atoms with Gasteiger partial charge in [0.15, 0.2) is 0 Å². The van der Waals surface area contributed by atoms with Crippen molar-refractivity contribution in [3.63, 3.8) is 0 Å². The molecule has 7 nitrogen and oxygen atoms in total. The van der Waals surface area contributed by atoms with Gasteiger partial charge in [-0.05, 0) is 12.3 Å². The van der Waals surface area contributed by atoms with Gasteiger partial charge >= 0.3 is 12.0 Å². The SMILES string of the molecule is CC1CCN(C(=O)Nc2cn[nH]c2)C1C(=O)O. The largest absolute Gasteiger partial charge is 0.480 e. The minimum absolute atomic E-state index is 0.0254. The Labute approximate surface area is 97.8 Å². The van der Waals surface area contributed by atoms with Crippen LogP contribution in [0.4, 0.5) is 10.5 Å². The van der Waals surface area contributed by atoms with Crippen molar-refractivity contribution < 1.29 is 14.7 Å². The van der Waals surface area contributed by atoms with Gasteiger partial charge in [0.2, 0.25) is 0 Å². The Balaban J connectivity index is 2.06. The number of amides is 2. The molecule has 0 aliphatic carbocycles. The van der Waals surface area contributed by atoms with Gasteiger partial charge in [-0.25, -0.2) is 9.59 Å². The number of carboxylic acid groups (broad SMARTS) is 1. The minimum Gasteiger partial charge on any atom is -0.480 e. The molecular formula is C10H14N4O3. The van der Waals surface area contributed by atoms with E-state index in [1.807, 2.05) is 6.92 Å². The lowest BCUT2D eigenvalue weighted by Gasteiger charge is -2.23. The summed E-state index contributed by atoms with van der Waals surface area (Å²) in [5.74, 6) is -0.986. The lowest BCUT2D eigenvalue weighted by atomic mass is 10.0. The second-order valence-corrected chi connectivity index (χ2v) is 4.16. The van der Waals surface area contributed by atoms with Gasteiger partial charge in [-0.15, -0.1) is 0 Å². The van der Waals surface area contributed by atoms with Crippen LogP contribution in [0.25, 0.3) is 0 Å². The summed E-state index contributed by atoms with van der Waals surface area (Å²) >= 11 is 0. The van der Waals surface area contributed by atoms with Crippen LogP contribution in [0, 0.1) is 5.92 Å². The normalized spacial score (nSPS) is 23.7. The second kappa shape index (κ2) is 4.44. The van der Waals surface area contributed by atoms with Gasteiger partial charge in [-0.2, -0.15) is 5.10 Å². The third-order valence-corrected chi connectivity index (χ3v) is 2.96. The molecule has 0 bridgehead atoms. The Kier molecular flexibility index (Phi) is 2.99. The first kappa shape index (κ1) is 11.4. The van der Waals surface area contributed by atoms with Crippen LogP contribution in [0.1, 0.15) is 13.3 Å². The average Bonchev–Trinajstić information content (AvgIpc) is 2.86. The monoisotopic (exact) mass is 238 g/mol. The van der Waals surface area contributed by atoms with E-state index in [1.54, 1.807) is 0 Å². The molecule has 2 unspecified atom stereocenters. The predicted molar refractivity (Wildman–Crippen MR) is 59.5 cm³/mol. The van der Waals surface area contributed by atoms with Gasteiger partial charge in [0.05, 0.1) is 11.9 Å². The molecule has 1 saturated heterocycles. The molecule has 7 heteroatoms. The number of aromatic nitrogens is 2. The van der Waals surface area contributed by atoms with Crippen LogP contribution in [-0.4, -0.2) is 44.8 Å². The van der Waals surface area contributed by atoms with Crippen molar-refractivity contribution in [2.75, 3.05) is 11.9 Å². The number of rotatable bonds is 2. The van der Waals surface area contributed by atoms with Crippen molar-refractivity contribution in [2.45, 2.75) is 19.4 Å². The van der Waals surface area contributed by atoms with E-state index in [0.29, 0.717) is 18.7 Å². The second-order valence-electron chi connectivity index (χ2n) is 4.16. The molecule has 0 aromatic carbocycles. The van der Waals surface area contributed by atoms with Gasteiger partial charge in [0.1, 0.15) is 6.04 Å². The summed E-state index contributed by atoms with van der Waals surface area (Å²) in [5, 5.41) is 18.0. The Morgan fingerprint density at radius 2 is 2.41 bits per heavy atom. The number of H-pyrrole nitrogens is 1. The molecule has 17 heavy (non-hydrogen) atoms. The van der Waals surface area contributed by atoms with Crippen molar-refractivity contribution in [1.29, 1.82) is 0 Å². The third kappa shape index (κ3) is 2.22. The molecule has 1 aromatic heterocycles. The highest BCUT2D eigenvalue weighted by molar-refractivity contribution is 5.92. The zero-order valence-electron chi connectivity index (χ0n) is 9.38. The highest BCUT2D eigenvalue weighted by Gasteiger charge is 2.39. The lowest BCUT2D eigenvalue weighted by Crippen LogP contribution is -2.44. The number of carbonyl (C=O) groups is 2. The molecular weight excluding hydrogens is 224 g/mol. The van der Waals surface area contributed by atoms with Gasteiger partial charge in [0, 0.05) is 12.7 Å². The first-order chi connectivity index (χ1) is 8.09. The van der Waals surface area contributed by atoms with Crippen LogP contribution in [0.5, 0.6) is 0 Å². The van der Waals surface area contributed by atoms with Gasteiger partial charge in [-0.3, -0.25) is 5.10 Å². The van der Waals surface area contributed by atoms with Crippen molar-refractivity contribution in [1.82, 2.24) is 15.1 Å². The molecule has 0 spiro atoms. The molecule has 1 aliphatic rings. The summed E-state index contributed by atoms with van der Waals surface area (Å²) in [7, 11) is 0. The minimum atomic E-state index is -0.961. The summed E-state index contributed by atoms with van der Waals surface area (Å²) in [6.07, 6.45) is 3.70. The number of aromatic amines is 1. The van der Waals surface area contributed by atoms with Gasteiger partial charge < -0.3 is 15.3 Å². The highest BCUT2D eigenvalue weighted by atomic mass is 16.4. The molecule has 3 N–H and O–H groups in total. The Bertz CT molecular complexity index is 417. The molecule has 1 aliphatic heterocycles. The van der Waals surface area contributed by atoms with E-state index in [1.165, 1.54) is 17.3 Å². The van der Waals surface area contributed by atoms with Crippen LogP contribution in [-0.2, 0) is 4.79 Å². The Morgan fingerprint density at radius 1 is 1.65 bits per heavy atom. The maximum absolute atomic E-state index is 11.9. The molecule has 1 aromatic rings. The number of aliphatic carboxylic acids is 1. The van der Waals surface area contributed by atoms with Crippen molar-refractivity contribution in [3.8, 4) is 0 Å². The summed E-state index contributed by atoms with van der Waals surface area (Å²) in [5.41, 5.74) is 0.527. The number of hydrogen-bond donors (Lipinski definition) is 3. The Morgan fingerprint density at radius 3 is 3.00 bits per heavy atom. The number of urea groups is 1. The fourth-order valence-electron chi connectivity index (χ4n) is 2.07. The average molecular weight is 238 g/mol. The molecule has 2 heterocycles. The Hall–Kier alpha value is -2.05. The first-order valence-corrected chi connectivity index (χ1v) is 5.39. The zero-order valence-corrected chi connectivity index (χ0v) is 9.38. The number of nitrogens with zero attached hydrogens (tertiary/aromatic N) is 2. The van der Waals surface area contributed by atoms with E-state index >= 15 is 0 Å². The van der Waals surface area contributed by atoms with Crippen molar-refractivity contribution >= 4 is 17.7 Å². The fraction of sp³-hybridized carbons (Fsp3) is 0.500. The zero-order chi connectivity index (χ0) is 12.4. The number of likely N-dealkylation sites (tertiary alicyclic amines) is 1. The molecule has 1 fully saturated rings. The summed E-state index contributed by atoms with van der Waals surface area (Å²) in [6, 6.07) is -1.15. The van der Waals surface area contributed by atoms with E-state index in [2.05, 4.69) is 15.5 Å². The molecule has 92 valence electrons. The molecule has 0 saturated carbocycles. The van der Waals surface area contributed by atoms with E-state index in [-0.39, 0.29) is 5.92 Å². The summed E-state index contributed by atoms with van der Waals surface area (Å²) < 4.78 is 0. The van der Waals surface area contributed by atoms with E-state index in [4.69, 9.17) is 5.11 Å². The fourth-order valence-corrected chi connectivity index (χ4v) is 2.07. The number of carbonyl (C=O) groups excluding carboxylic acids is 1. The molecule has 2 atom stereocenters. The van der Waals surface area contributed by atoms with Crippen LogP contribution in [0.15, 0.2) is 12.4 Å². The quantitative estimate of drug-likeness (QED) is 0.707. The first-order valence-electron chi connectivity index (χ1n) is 5.39. The van der Waals surface area contributed by atoms with Crippen LogP contribution in [0.3, 0.4) is 0 Å². The summed E-state index contributed by atoms with van der Waals surface area (Å²) in [4.78, 5) is 24.3. The van der Waals surface area contributed by atoms with Gasteiger partial charge in [0.25, 0.3) is 0 Å².